The highest BCUT2D eigenvalue weighted by Gasteiger charge is 2.10. The van der Waals surface area contributed by atoms with Crippen molar-refractivity contribution in [3.05, 3.63) is 41.9 Å². The van der Waals surface area contributed by atoms with E-state index >= 15 is 0 Å². The molecular formula is C13H15N3O3. The first kappa shape index (κ1) is 13.2. The Labute approximate surface area is 110 Å². The lowest BCUT2D eigenvalue weighted by molar-refractivity contribution is 0.0526. The van der Waals surface area contributed by atoms with Gasteiger partial charge in [-0.1, -0.05) is 6.07 Å². The van der Waals surface area contributed by atoms with E-state index < -0.39 is 12.1 Å². The van der Waals surface area contributed by atoms with E-state index in [-0.39, 0.29) is 0 Å². The number of nitrogens with zero attached hydrogens (tertiary/aromatic N) is 3. The van der Waals surface area contributed by atoms with E-state index in [4.69, 9.17) is 4.74 Å². The summed E-state index contributed by atoms with van der Waals surface area (Å²) < 4.78 is 6.37. The van der Waals surface area contributed by atoms with Gasteiger partial charge < -0.3 is 9.84 Å². The quantitative estimate of drug-likeness (QED) is 0.844. The van der Waals surface area contributed by atoms with Crippen molar-refractivity contribution in [3.63, 3.8) is 0 Å². The molecule has 2 rings (SSSR count). The number of rotatable bonds is 4. The van der Waals surface area contributed by atoms with Crippen LogP contribution >= 0.6 is 0 Å². The van der Waals surface area contributed by atoms with Gasteiger partial charge >= 0.3 is 5.97 Å². The number of ether oxygens (including phenoxy) is 1. The van der Waals surface area contributed by atoms with Crippen LogP contribution in [0.2, 0.25) is 0 Å². The van der Waals surface area contributed by atoms with E-state index in [2.05, 4.69) is 10.1 Å². The van der Waals surface area contributed by atoms with Crippen LogP contribution in [-0.4, -0.2) is 32.4 Å². The van der Waals surface area contributed by atoms with Gasteiger partial charge in [0, 0.05) is 12.4 Å². The standard InChI is InChI=1S/C13H15N3O3/c1-3-19-13(18)11-7-15-16(8-11)12-5-4-10(6-14-12)9(2)17/h4-9,17H,3H2,1-2H3/t9-/m1/s1. The molecule has 1 N–H and O–H groups in total. The monoisotopic (exact) mass is 261 g/mol. The summed E-state index contributed by atoms with van der Waals surface area (Å²) >= 11 is 0. The summed E-state index contributed by atoms with van der Waals surface area (Å²) in [5.74, 6) is 0.161. The molecule has 0 saturated heterocycles. The van der Waals surface area contributed by atoms with Crippen LogP contribution < -0.4 is 0 Å². The first-order chi connectivity index (χ1) is 9.11. The molecule has 0 aromatic carbocycles. The van der Waals surface area contributed by atoms with Crippen molar-refractivity contribution in [1.82, 2.24) is 14.8 Å². The first-order valence-electron chi connectivity index (χ1n) is 5.98. The molecule has 0 aliphatic rings. The molecule has 2 heterocycles. The fraction of sp³-hybridized carbons (Fsp3) is 0.308. The van der Waals surface area contributed by atoms with Crippen LogP contribution in [0.5, 0.6) is 0 Å². The van der Waals surface area contributed by atoms with Gasteiger partial charge in [0.25, 0.3) is 0 Å². The SMILES string of the molecule is CCOC(=O)c1cnn(-c2ccc([C@@H](C)O)cn2)c1. The maximum Gasteiger partial charge on any atom is 0.341 e. The molecule has 0 amide bonds. The second-order valence-corrected chi connectivity index (χ2v) is 4.02. The third kappa shape index (κ3) is 2.97. The van der Waals surface area contributed by atoms with Gasteiger partial charge in [-0.05, 0) is 25.5 Å². The number of carbonyl (C=O) groups is 1. The predicted molar refractivity (Wildman–Crippen MR) is 67.9 cm³/mol. The van der Waals surface area contributed by atoms with Gasteiger partial charge in [-0.3, -0.25) is 0 Å². The molecule has 100 valence electrons. The molecular weight excluding hydrogens is 246 g/mol. The number of esters is 1. The summed E-state index contributed by atoms with van der Waals surface area (Å²) in [6.07, 6.45) is 4.00. The van der Waals surface area contributed by atoms with E-state index in [1.807, 2.05) is 0 Å². The Kier molecular flexibility index (Phi) is 3.91. The molecule has 2 aromatic heterocycles. The molecule has 6 nitrogen and oxygen atoms in total. The molecule has 19 heavy (non-hydrogen) atoms. The molecule has 0 aliphatic heterocycles. The second-order valence-electron chi connectivity index (χ2n) is 4.02. The Hall–Kier alpha value is -2.21. The Morgan fingerprint density at radius 1 is 1.47 bits per heavy atom. The van der Waals surface area contributed by atoms with Crippen LogP contribution in [0.4, 0.5) is 0 Å². The summed E-state index contributed by atoms with van der Waals surface area (Å²) in [4.78, 5) is 15.7. The zero-order valence-electron chi connectivity index (χ0n) is 10.8. The van der Waals surface area contributed by atoms with E-state index in [9.17, 15) is 9.90 Å². The lowest BCUT2D eigenvalue weighted by Gasteiger charge is -2.05. The Morgan fingerprint density at radius 2 is 2.26 bits per heavy atom. The number of aliphatic hydroxyl groups excluding tert-OH is 1. The average molecular weight is 261 g/mol. The van der Waals surface area contributed by atoms with Crippen LogP contribution in [0.15, 0.2) is 30.7 Å². The molecule has 2 aromatic rings. The van der Waals surface area contributed by atoms with Gasteiger partial charge in [0.15, 0.2) is 5.82 Å². The number of hydrogen-bond donors (Lipinski definition) is 1. The molecule has 0 saturated carbocycles. The highest BCUT2D eigenvalue weighted by Crippen LogP contribution is 2.13. The normalized spacial score (nSPS) is 12.2. The Balaban J connectivity index is 2.20. The van der Waals surface area contributed by atoms with Crippen LogP contribution in [0.3, 0.4) is 0 Å². The zero-order valence-corrected chi connectivity index (χ0v) is 10.8. The molecule has 0 bridgehead atoms. The number of hydrogen-bond acceptors (Lipinski definition) is 5. The number of pyridine rings is 1. The third-order valence-corrected chi connectivity index (χ3v) is 2.58. The number of aromatic nitrogens is 3. The fourth-order valence-corrected chi connectivity index (χ4v) is 1.55. The summed E-state index contributed by atoms with van der Waals surface area (Å²) in [6.45, 7) is 3.74. The minimum absolute atomic E-state index is 0.325. The van der Waals surface area contributed by atoms with Crippen molar-refractivity contribution in [2.24, 2.45) is 0 Å². The predicted octanol–water partition coefficient (Wildman–Crippen LogP) is 1.50. The lowest BCUT2D eigenvalue weighted by Crippen LogP contribution is -2.03. The molecule has 0 fully saturated rings. The van der Waals surface area contributed by atoms with Crippen LogP contribution in [0.1, 0.15) is 35.9 Å². The van der Waals surface area contributed by atoms with Crippen molar-refractivity contribution < 1.29 is 14.6 Å². The van der Waals surface area contributed by atoms with E-state index in [0.717, 1.165) is 5.56 Å². The number of aliphatic hydroxyl groups is 1. The average Bonchev–Trinajstić information content (AvgIpc) is 2.89. The minimum atomic E-state index is -0.561. The highest BCUT2D eigenvalue weighted by molar-refractivity contribution is 5.88. The van der Waals surface area contributed by atoms with Gasteiger partial charge in [0.1, 0.15) is 0 Å². The topological polar surface area (TPSA) is 77.2 Å². The molecule has 1 atom stereocenters. The maximum absolute atomic E-state index is 11.5. The van der Waals surface area contributed by atoms with Crippen molar-refractivity contribution >= 4 is 5.97 Å². The van der Waals surface area contributed by atoms with Crippen molar-refractivity contribution in [2.45, 2.75) is 20.0 Å². The molecule has 0 unspecified atom stereocenters. The lowest BCUT2D eigenvalue weighted by atomic mass is 10.2. The zero-order chi connectivity index (χ0) is 13.8. The van der Waals surface area contributed by atoms with Crippen molar-refractivity contribution in [3.8, 4) is 5.82 Å². The fourth-order valence-electron chi connectivity index (χ4n) is 1.55. The highest BCUT2D eigenvalue weighted by atomic mass is 16.5. The van der Waals surface area contributed by atoms with Crippen LogP contribution in [0.25, 0.3) is 5.82 Å². The maximum atomic E-state index is 11.5. The minimum Gasteiger partial charge on any atom is -0.462 e. The molecule has 6 heteroatoms. The summed E-state index contributed by atoms with van der Waals surface area (Å²) in [6, 6.07) is 3.49. The Bertz CT molecular complexity index is 561. The third-order valence-electron chi connectivity index (χ3n) is 2.58. The smallest absolute Gasteiger partial charge is 0.341 e. The number of carbonyl (C=O) groups excluding carboxylic acids is 1. The van der Waals surface area contributed by atoms with Crippen molar-refractivity contribution in [2.75, 3.05) is 6.61 Å². The van der Waals surface area contributed by atoms with E-state index in [0.29, 0.717) is 18.0 Å². The van der Waals surface area contributed by atoms with Crippen molar-refractivity contribution in [1.29, 1.82) is 0 Å². The Morgan fingerprint density at radius 3 is 2.84 bits per heavy atom. The van der Waals surface area contributed by atoms with Gasteiger partial charge in [-0.2, -0.15) is 5.10 Å². The van der Waals surface area contributed by atoms with Crippen LogP contribution in [0, 0.1) is 0 Å². The van der Waals surface area contributed by atoms with Crippen LogP contribution in [-0.2, 0) is 4.74 Å². The second kappa shape index (κ2) is 5.62. The summed E-state index contributed by atoms with van der Waals surface area (Å²) in [5.41, 5.74) is 1.10. The largest absolute Gasteiger partial charge is 0.462 e. The van der Waals surface area contributed by atoms with Gasteiger partial charge in [-0.25, -0.2) is 14.5 Å². The van der Waals surface area contributed by atoms with Gasteiger partial charge in [0.05, 0.1) is 24.5 Å². The molecule has 0 aliphatic carbocycles. The first-order valence-corrected chi connectivity index (χ1v) is 5.98. The van der Waals surface area contributed by atoms with E-state index in [1.165, 1.54) is 10.9 Å². The summed E-state index contributed by atoms with van der Waals surface area (Å²) in [5, 5.41) is 13.5. The molecule has 0 spiro atoms. The molecule has 0 radical (unpaired) electrons. The van der Waals surface area contributed by atoms with Gasteiger partial charge in [-0.15, -0.1) is 0 Å². The van der Waals surface area contributed by atoms with E-state index in [1.54, 1.807) is 38.4 Å². The summed E-state index contributed by atoms with van der Waals surface area (Å²) in [7, 11) is 0. The van der Waals surface area contributed by atoms with Gasteiger partial charge in [0.2, 0.25) is 0 Å².